The third kappa shape index (κ3) is 36.3. The number of carbonyl (C=O) groups excluding carboxylic acids is 11. The Morgan fingerprint density at radius 2 is 1.13 bits per heavy atom. The standard InChI is InChI=1S/C64H103N5O18S2/c1-15-88-89-38-41(6)58(78)65-23-24-84-25-26-85-36-49(72)21-22-56(77)69-57(40(4)5)55(76)30-45(28-42(7)71)59(79)66-43(8)52(73)32-47(34-70)60(80)68-51(37-87-64(12,13)14)54(75)33-48(35-86-63(9,10)11)61(81)67-50(27-39(2)3)53(74)31-46(62(82)83)29-44-19-17-16-18-20-44/h16-20,39-41,43,45-48,50-51,57,70H,15,21-38H2,1-14H3,(H,65,78)(H,66,79)(H,67,81)(H,68,80)(H,69,77)(H,82,83)/t41-,43-,45+,46+,47-,48-,50-,51-,57-/m0/s1. The number of ether oxygens (including phenoxy) is 4. The molecular formula is C64H103N5O18S2. The predicted molar refractivity (Wildman–Crippen MR) is 340 cm³/mol. The maximum absolute atomic E-state index is 14.4. The van der Waals surface area contributed by atoms with E-state index in [9.17, 15) is 67.7 Å². The van der Waals surface area contributed by atoms with Gasteiger partial charge in [0.25, 0.3) is 0 Å². The number of benzene rings is 1. The van der Waals surface area contributed by atoms with Crippen LogP contribution in [0.25, 0.3) is 0 Å². The number of rotatable bonds is 48. The van der Waals surface area contributed by atoms with Gasteiger partial charge in [0.15, 0.2) is 28.9 Å². The van der Waals surface area contributed by atoms with Crippen molar-refractivity contribution in [3.63, 3.8) is 0 Å². The van der Waals surface area contributed by atoms with Gasteiger partial charge >= 0.3 is 5.97 Å². The van der Waals surface area contributed by atoms with Gasteiger partial charge in [-0.2, -0.15) is 0 Å². The molecule has 0 bridgehead atoms. The molecule has 0 aliphatic carbocycles. The lowest BCUT2D eigenvalue weighted by molar-refractivity contribution is -0.144. The molecule has 504 valence electrons. The van der Waals surface area contributed by atoms with Gasteiger partial charge < -0.3 is 60.5 Å². The Balaban J connectivity index is 3.09. The predicted octanol–water partition coefficient (Wildman–Crippen LogP) is 5.41. The van der Waals surface area contributed by atoms with Crippen LogP contribution in [-0.4, -0.2) is 180 Å². The first-order valence-electron chi connectivity index (χ1n) is 30.7. The zero-order valence-corrected chi connectivity index (χ0v) is 56.5. The van der Waals surface area contributed by atoms with Crippen LogP contribution in [0.2, 0.25) is 0 Å². The van der Waals surface area contributed by atoms with Crippen LogP contribution < -0.4 is 26.6 Å². The number of hydrogen-bond donors (Lipinski definition) is 7. The number of amides is 5. The molecule has 0 aromatic heterocycles. The Labute approximate surface area is 534 Å². The van der Waals surface area contributed by atoms with E-state index in [-0.39, 0.29) is 88.7 Å². The van der Waals surface area contributed by atoms with E-state index in [1.807, 2.05) is 27.7 Å². The van der Waals surface area contributed by atoms with Gasteiger partial charge in [-0.3, -0.25) is 52.7 Å². The fourth-order valence-corrected chi connectivity index (χ4v) is 10.8. The molecular weight excluding hydrogens is 1190 g/mol. The zero-order valence-electron chi connectivity index (χ0n) is 54.9. The number of carboxylic acid groups (broad SMARTS) is 1. The van der Waals surface area contributed by atoms with Crippen molar-refractivity contribution in [2.75, 3.05) is 64.3 Å². The number of hydrogen-bond acceptors (Lipinski definition) is 19. The van der Waals surface area contributed by atoms with Crippen LogP contribution in [0.5, 0.6) is 0 Å². The second kappa shape index (κ2) is 42.6. The molecule has 23 nitrogen and oxygen atoms in total. The molecule has 9 atom stereocenters. The first kappa shape index (κ1) is 81.6. The Morgan fingerprint density at radius 1 is 0.584 bits per heavy atom. The van der Waals surface area contributed by atoms with Gasteiger partial charge in [-0.05, 0) is 85.6 Å². The molecule has 0 saturated carbocycles. The smallest absolute Gasteiger partial charge is 0.307 e. The lowest BCUT2D eigenvalue weighted by Crippen LogP contribution is -2.51. The molecule has 89 heavy (non-hydrogen) atoms. The first-order valence-corrected chi connectivity index (χ1v) is 33.2. The molecule has 0 aliphatic heterocycles. The normalized spacial score (nSPS) is 14.8. The summed E-state index contributed by atoms with van der Waals surface area (Å²) >= 11 is 0. The summed E-state index contributed by atoms with van der Waals surface area (Å²) < 4.78 is 22.8. The number of aliphatic hydroxyl groups is 1. The summed E-state index contributed by atoms with van der Waals surface area (Å²) in [6, 6.07) is 3.86. The van der Waals surface area contributed by atoms with E-state index in [0.717, 1.165) is 11.3 Å². The second-order valence-corrected chi connectivity index (χ2v) is 28.1. The van der Waals surface area contributed by atoms with E-state index in [0.29, 0.717) is 12.3 Å². The molecule has 5 amide bonds. The highest BCUT2D eigenvalue weighted by Crippen LogP contribution is 2.24. The van der Waals surface area contributed by atoms with Gasteiger partial charge in [-0.15, -0.1) is 0 Å². The van der Waals surface area contributed by atoms with Crippen LogP contribution in [0.3, 0.4) is 0 Å². The quantitative estimate of drug-likeness (QED) is 0.0316. The average Bonchev–Trinajstić information content (AvgIpc) is 3.54. The first-order chi connectivity index (χ1) is 41.6. The highest BCUT2D eigenvalue weighted by molar-refractivity contribution is 8.76. The van der Waals surface area contributed by atoms with Crippen molar-refractivity contribution >= 4 is 91.8 Å². The van der Waals surface area contributed by atoms with Crippen LogP contribution in [-0.2, 0) is 82.9 Å². The van der Waals surface area contributed by atoms with Crippen molar-refractivity contribution in [2.24, 2.45) is 41.4 Å². The molecule has 7 N–H and O–H groups in total. The molecule has 1 aromatic carbocycles. The Bertz CT molecular complexity index is 2450. The maximum atomic E-state index is 14.4. The molecule has 0 fully saturated rings. The lowest BCUT2D eigenvalue weighted by atomic mass is 9.89. The summed E-state index contributed by atoms with van der Waals surface area (Å²) in [6.07, 6.45) is -2.67. The number of ketones is 6. The van der Waals surface area contributed by atoms with Crippen molar-refractivity contribution in [2.45, 2.75) is 190 Å². The van der Waals surface area contributed by atoms with Crippen LogP contribution in [0.1, 0.15) is 154 Å². The number of aliphatic hydroxyl groups excluding tert-OH is 1. The van der Waals surface area contributed by atoms with Crippen LogP contribution in [0, 0.1) is 41.4 Å². The largest absolute Gasteiger partial charge is 0.481 e. The highest BCUT2D eigenvalue weighted by Gasteiger charge is 2.37. The van der Waals surface area contributed by atoms with Gasteiger partial charge in [-0.1, -0.05) is 93.5 Å². The number of aliphatic carboxylic acids is 1. The minimum atomic E-state index is -1.47. The van der Waals surface area contributed by atoms with E-state index >= 15 is 0 Å². The van der Waals surface area contributed by atoms with Crippen LogP contribution in [0.15, 0.2) is 30.3 Å². The van der Waals surface area contributed by atoms with E-state index in [2.05, 4.69) is 26.6 Å². The van der Waals surface area contributed by atoms with Gasteiger partial charge in [0, 0.05) is 68.9 Å². The Morgan fingerprint density at radius 3 is 1.71 bits per heavy atom. The summed E-state index contributed by atoms with van der Waals surface area (Å²) in [5.41, 5.74) is -0.912. The van der Waals surface area contributed by atoms with Crippen molar-refractivity contribution < 1.29 is 86.7 Å². The molecule has 1 aromatic rings. The molecule has 0 spiro atoms. The van der Waals surface area contributed by atoms with Crippen LogP contribution >= 0.6 is 21.6 Å². The summed E-state index contributed by atoms with van der Waals surface area (Å²) in [5, 5.41) is 33.9. The van der Waals surface area contributed by atoms with Crippen molar-refractivity contribution in [1.29, 1.82) is 0 Å². The highest BCUT2D eigenvalue weighted by atomic mass is 33.1. The molecule has 25 heteroatoms. The van der Waals surface area contributed by atoms with E-state index < -0.39 is 162 Å². The SMILES string of the molecule is CCSSC[C@H](C)C(=O)NCCOCCOCC(=O)CCC(=O)N[C@H](C(=O)C[C@@H](CC(C)=O)C(=O)N[C@@H](C)C(=O)C[C@@H](CO)C(=O)N[C@@H](COC(C)(C)C)C(=O)C[C@@H](COC(C)(C)C)C(=O)N[C@@H](CC(C)C)C(=O)C[C@@H](Cc1ccccc1)C(=O)O)C(C)C. The monoisotopic (exact) mass is 1290 g/mol. The topological polar surface area (TPSA) is 342 Å². The Hall–Kier alpha value is -5.44. The molecule has 0 saturated heterocycles. The molecule has 0 unspecified atom stereocenters. The summed E-state index contributed by atoms with van der Waals surface area (Å²) in [6.45, 7) is 22.8. The van der Waals surface area contributed by atoms with Crippen molar-refractivity contribution in [1.82, 2.24) is 26.6 Å². The van der Waals surface area contributed by atoms with Crippen LogP contribution in [0.4, 0.5) is 0 Å². The van der Waals surface area contributed by atoms with Crippen molar-refractivity contribution in [3.8, 4) is 0 Å². The number of carbonyl (C=O) groups is 12. The number of Topliss-reactive ketones (excluding diaryl/α,β-unsaturated/α-hetero) is 6. The Kier molecular flexibility index (Phi) is 39.0. The van der Waals surface area contributed by atoms with Gasteiger partial charge in [0.05, 0.1) is 92.6 Å². The molecule has 0 aliphatic rings. The second-order valence-electron chi connectivity index (χ2n) is 25.3. The minimum absolute atomic E-state index is 0.0613. The van der Waals surface area contributed by atoms with Crippen molar-refractivity contribution in [3.05, 3.63) is 35.9 Å². The fourth-order valence-electron chi connectivity index (χ4n) is 8.73. The fraction of sp³-hybridized carbons (Fsp3) is 0.719. The molecule has 1 rings (SSSR count). The van der Waals surface area contributed by atoms with E-state index in [4.69, 9.17) is 18.9 Å². The summed E-state index contributed by atoms with van der Waals surface area (Å²) in [4.78, 5) is 160. The summed E-state index contributed by atoms with van der Waals surface area (Å²) in [7, 11) is 3.35. The molecule has 0 radical (unpaired) electrons. The third-order valence-corrected chi connectivity index (χ3v) is 16.5. The van der Waals surface area contributed by atoms with E-state index in [1.165, 1.54) is 13.8 Å². The average molecular weight is 1290 g/mol. The van der Waals surface area contributed by atoms with E-state index in [1.54, 1.807) is 107 Å². The molecule has 0 heterocycles. The summed E-state index contributed by atoms with van der Waals surface area (Å²) in [5.74, 6) is -11.8. The maximum Gasteiger partial charge on any atom is 0.307 e. The van der Waals surface area contributed by atoms with Gasteiger partial charge in [-0.25, -0.2) is 0 Å². The van der Waals surface area contributed by atoms with Gasteiger partial charge in [0.2, 0.25) is 29.5 Å². The number of nitrogens with one attached hydrogen (secondary N) is 5. The zero-order chi connectivity index (χ0) is 67.6. The number of carboxylic acids is 1. The lowest BCUT2D eigenvalue weighted by Gasteiger charge is -2.29. The minimum Gasteiger partial charge on any atom is -0.481 e. The third-order valence-electron chi connectivity index (χ3n) is 13.8. The van der Waals surface area contributed by atoms with Gasteiger partial charge in [0.1, 0.15) is 18.4 Å².